The van der Waals surface area contributed by atoms with Crippen molar-refractivity contribution in [1.29, 1.82) is 0 Å². The van der Waals surface area contributed by atoms with Gasteiger partial charge in [0.1, 0.15) is 10.9 Å². The molecular weight excluding hydrogens is 346 g/mol. The number of rotatable bonds is 4. The second kappa shape index (κ2) is 6.21. The molecule has 1 heterocycles. The van der Waals surface area contributed by atoms with Crippen LogP contribution >= 0.6 is 0 Å². The first-order valence-electron chi connectivity index (χ1n) is 7.50. The Morgan fingerprint density at radius 3 is 2.48 bits per heavy atom. The topological polar surface area (TPSA) is 95.6 Å². The highest BCUT2D eigenvalue weighted by atomic mass is 32.2. The number of aromatic nitrogens is 1. The molecule has 0 aliphatic carbocycles. The van der Waals surface area contributed by atoms with E-state index in [1.807, 2.05) is 6.92 Å². The van der Waals surface area contributed by atoms with E-state index in [-0.39, 0.29) is 28.0 Å². The molecule has 1 aromatic heterocycles. The van der Waals surface area contributed by atoms with Crippen molar-refractivity contribution in [2.24, 2.45) is 0 Å². The van der Waals surface area contributed by atoms with Gasteiger partial charge in [-0.2, -0.15) is 8.42 Å². The van der Waals surface area contributed by atoms with E-state index in [1.165, 1.54) is 30.3 Å². The Labute approximate surface area is 143 Å². The molecule has 0 fully saturated rings. The number of aryl methyl sites for hydroxylation is 1. The zero-order chi connectivity index (χ0) is 18.2. The van der Waals surface area contributed by atoms with Crippen LogP contribution in [0.5, 0.6) is 0 Å². The molecule has 3 aromatic rings. The van der Waals surface area contributed by atoms with Crippen LogP contribution in [-0.2, 0) is 14.8 Å². The molecule has 3 rings (SSSR count). The van der Waals surface area contributed by atoms with Crippen LogP contribution in [0, 0.1) is 6.92 Å². The van der Waals surface area contributed by atoms with E-state index in [0.717, 1.165) is 5.56 Å². The Bertz CT molecular complexity index is 1110. The van der Waals surface area contributed by atoms with Gasteiger partial charge < -0.3 is 9.26 Å². The average Bonchev–Trinajstić information content (AvgIpc) is 2.93. The molecule has 2 aromatic carbocycles. The van der Waals surface area contributed by atoms with Crippen molar-refractivity contribution in [3.8, 4) is 0 Å². The number of carbonyl (C=O) groups is 1. The van der Waals surface area contributed by atoms with Gasteiger partial charge in [-0.05, 0) is 38.1 Å². The molecular formula is C17H15NO6S. The minimum atomic E-state index is -4.12. The lowest BCUT2D eigenvalue weighted by molar-refractivity contribution is 0.0528. The zero-order valence-electron chi connectivity index (χ0n) is 13.6. The van der Waals surface area contributed by atoms with Crippen LogP contribution in [0.25, 0.3) is 10.9 Å². The number of fused-ring (bicyclic) bond motifs is 1. The third kappa shape index (κ3) is 2.85. The standard InChI is InChI=1S/C17H15NO6S/c1-3-23-16(19)13-5-4-6-14-15(13)17(20)24-18(14)25(21,22)12-9-7-11(2)8-10-12/h4-10H,3H2,1-2H3. The van der Waals surface area contributed by atoms with Crippen molar-refractivity contribution >= 4 is 26.9 Å². The van der Waals surface area contributed by atoms with Crippen LogP contribution in [-0.4, -0.2) is 25.1 Å². The van der Waals surface area contributed by atoms with Gasteiger partial charge in [0, 0.05) is 0 Å². The monoisotopic (exact) mass is 361 g/mol. The summed E-state index contributed by atoms with van der Waals surface area (Å²) < 4.78 is 36.0. The smallest absolute Gasteiger partial charge is 0.367 e. The number of carbonyl (C=O) groups excluding carboxylic acids is 1. The summed E-state index contributed by atoms with van der Waals surface area (Å²) >= 11 is 0. The van der Waals surface area contributed by atoms with Gasteiger partial charge in [0.25, 0.3) is 10.0 Å². The second-order valence-electron chi connectivity index (χ2n) is 5.34. The quantitative estimate of drug-likeness (QED) is 0.662. The highest BCUT2D eigenvalue weighted by molar-refractivity contribution is 7.90. The predicted octanol–water partition coefficient (Wildman–Crippen LogP) is 2.32. The number of esters is 1. The minimum Gasteiger partial charge on any atom is -0.462 e. The van der Waals surface area contributed by atoms with Crippen molar-refractivity contribution in [1.82, 2.24) is 4.15 Å². The lowest BCUT2D eigenvalue weighted by Gasteiger charge is -2.06. The van der Waals surface area contributed by atoms with Gasteiger partial charge in [0.15, 0.2) is 0 Å². The van der Waals surface area contributed by atoms with E-state index in [4.69, 9.17) is 9.26 Å². The summed E-state index contributed by atoms with van der Waals surface area (Å²) in [5.74, 6) is -0.717. The lowest BCUT2D eigenvalue weighted by atomic mass is 10.1. The summed E-state index contributed by atoms with van der Waals surface area (Å²) in [6, 6.07) is 10.4. The Morgan fingerprint density at radius 2 is 1.84 bits per heavy atom. The van der Waals surface area contributed by atoms with Gasteiger partial charge in [-0.15, -0.1) is 0 Å². The Balaban J connectivity index is 2.25. The molecule has 8 heteroatoms. The zero-order valence-corrected chi connectivity index (χ0v) is 14.4. The molecule has 0 atom stereocenters. The third-order valence-electron chi connectivity index (χ3n) is 3.64. The predicted molar refractivity (Wildman–Crippen MR) is 90.2 cm³/mol. The molecule has 0 N–H and O–H groups in total. The third-order valence-corrected chi connectivity index (χ3v) is 5.22. The number of hydrogen-bond donors (Lipinski definition) is 0. The van der Waals surface area contributed by atoms with Crippen LogP contribution in [0.2, 0.25) is 0 Å². The fraction of sp³-hybridized carbons (Fsp3) is 0.176. The number of benzene rings is 2. The number of nitrogens with zero attached hydrogens (tertiary/aromatic N) is 1. The molecule has 0 saturated carbocycles. The molecule has 0 radical (unpaired) electrons. The maximum atomic E-state index is 12.8. The maximum absolute atomic E-state index is 12.8. The van der Waals surface area contributed by atoms with Crippen LogP contribution in [0.1, 0.15) is 22.8 Å². The fourth-order valence-electron chi connectivity index (χ4n) is 2.44. The summed E-state index contributed by atoms with van der Waals surface area (Å²) in [6.07, 6.45) is 0. The van der Waals surface area contributed by atoms with Gasteiger partial charge in [-0.3, -0.25) is 0 Å². The first-order valence-corrected chi connectivity index (χ1v) is 8.94. The highest BCUT2D eigenvalue weighted by Gasteiger charge is 2.26. The lowest BCUT2D eigenvalue weighted by Crippen LogP contribution is -2.12. The minimum absolute atomic E-state index is 0.0175. The van der Waals surface area contributed by atoms with Gasteiger partial charge in [0.05, 0.1) is 17.1 Å². The first-order chi connectivity index (χ1) is 11.9. The van der Waals surface area contributed by atoms with Gasteiger partial charge in [-0.1, -0.05) is 27.9 Å². The Morgan fingerprint density at radius 1 is 1.16 bits per heavy atom. The molecule has 0 amide bonds. The summed E-state index contributed by atoms with van der Waals surface area (Å²) in [4.78, 5) is 24.2. The van der Waals surface area contributed by atoms with E-state index >= 15 is 0 Å². The van der Waals surface area contributed by atoms with Crippen molar-refractivity contribution in [2.45, 2.75) is 18.7 Å². The molecule has 0 saturated heterocycles. The molecule has 130 valence electrons. The first kappa shape index (κ1) is 17.0. The van der Waals surface area contributed by atoms with E-state index in [9.17, 15) is 18.0 Å². The Kier molecular flexibility index (Phi) is 4.22. The SMILES string of the molecule is CCOC(=O)c1cccc2c1c(=O)on2S(=O)(=O)c1ccc(C)cc1. The van der Waals surface area contributed by atoms with Crippen LogP contribution < -0.4 is 5.63 Å². The normalized spacial score (nSPS) is 11.6. The van der Waals surface area contributed by atoms with Crippen LogP contribution in [0.15, 0.2) is 56.7 Å². The van der Waals surface area contributed by atoms with Crippen molar-refractivity contribution < 1.29 is 22.5 Å². The second-order valence-corrected chi connectivity index (χ2v) is 7.10. The van der Waals surface area contributed by atoms with E-state index < -0.39 is 21.6 Å². The van der Waals surface area contributed by atoms with E-state index in [1.54, 1.807) is 19.1 Å². The average molecular weight is 361 g/mol. The molecule has 0 bridgehead atoms. The highest BCUT2D eigenvalue weighted by Crippen LogP contribution is 2.22. The van der Waals surface area contributed by atoms with Crippen molar-refractivity contribution in [3.05, 3.63) is 64.0 Å². The van der Waals surface area contributed by atoms with Gasteiger partial charge in [0.2, 0.25) is 0 Å². The molecule has 0 aliphatic heterocycles. The van der Waals surface area contributed by atoms with Gasteiger partial charge >= 0.3 is 11.6 Å². The summed E-state index contributed by atoms with van der Waals surface area (Å²) in [5.41, 5.74) is -0.0845. The molecule has 0 spiro atoms. The fourth-order valence-corrected chi connectivity index (χ4v) is 3.69. The largest absolute Gasteiger partial charge is 0.462 e. The van der Waals surface area contributed by atoms with Crippen molar-refractivity contribution in [3.63, 3.8) is 0 Å². The van der Waals surface area contributed by atoms with E-state index in [0.29, 0.717) is 4.15 Å². The molecule has 0 unspecified atom stereocenters. The van der Waals surface area contributed by atoms with E-state index in [2.05, 4.69) is 0 Å². The molecule has 7 nitrogen and oxygen atoms in total. The van der Waals surface area contributed by atoms with Crippen molar-refractivity contribution in [2.75, 3.05) is 6.61 Å². The number of hydrogen-bond acceptors (Lipinski definition) is 6. The van der Waals surface area contributed by atoms with Crippen LogP contribution in [0.3, 0.4) is 0 Å². The molecule has 25 heavy (non-hydrogen) atoms. The van der Waals surface area contributed by atoms with Crippen LogP contribution in [0.4, 0.5) is 0 Å². The summed E-state index contributed by atoms with van der Waals surface area (Å²) in [5, 5.41) is -0.128. The summed E-state index contributed by atoms with van der Waals surface area (Å²) in [6.45, 7) is 3.59. The Hall–Kier alpha value is -2.87. The molecule has 0 aliphatic rings. The summed E-state index contributed by atoms with van der Waals surface area (Å²) in [7, 11) is -4.12. The van der Waals surface area contributed by atoms with Gasteiger partial charge in [-0.25, -0.2) is 9.59 Å². The maximum Gasteiger partial charge on any atom is 0.367 e. The number of ether oxygens (including phenoxy) is 1.